The smallest absolute Gasteiger partial charge is 0.0617 e. The van der Waals surface area contributed by atoms with Gasteiger partial charge in [-0.3, -0.25) is 0 Å². The average Bonchev–Trinajstić information content (AvgIpc) is 2.28. The molecule has 0 aliphatic carbocycles. The van der Waals surface area contributed by atoms with Crippen LogP contribution in [0.2, 0.25) is 0 Å². The third-order valence-electron chi connectivity index (χ3n) is 2.73. The lowest BCUT2D eigenvalue weighted by Gasteiger charge is -2.12. The van der Waals surface area contributed by atoms with Crippen LogP contribution in [0.15, 0.2) is 24.3 Å². The van der Waals surface area contributed by atoms with E-state index in [1.807, 2.05) is 0 Å². The van der Waals surface area contributed by atoms with E-state index in [1.165, 1.54) is 11.1 Å². The molecule has 1 aromatic carbocycles. The standard InChI is InChI=1S/C14H23NO/c1-3-10-16-11-14(15)9-8-13-7-5-4-6-12(13)2/h4-7,14H,3,8-11,15H2,1-2H3. The van der Waals surface area contributed by atoms with Gasteiger partial charge in [-0.25, -0.2) is 0 Å². The lowest BCUT2D eigenvalue weighted by atomic mass is 10.0. The summed E-state index contributed by atoms with van der Waals surface area (Å²) in [4.78, 5) is 0. The molecule has 2 N–H and O–H groups in total. The molecule has 0 aliphatic heterocycles. The summed E-state index contributed by atoms with van der Waals surface area (Å²) in [6.45, 7) is 5.76. The topological polar surface area (TPSA) is 35.2 Å². The van der Waals surface area contributed by atoms with Gasteiger partial charge in [0.25, 0.3) is 0 Å². The number of hydrogen-bond donors (Lipinski definition) is 1. The van der Waals surface area contributed by atoms with Crippen LogP contribution in [0.5, 0.6) is 0 Å². The van der Waals surface area contributed by atoms with Crippen LogP contribution in [0.1, 0.15) is 30.9 Å². The molecule has 90 valence electrons. The molecule has 0 heterocycles. The van der Waals surface area contributed by atoms with E-state index in [0.717, 1.165) is 25.9 Å². The minimum Gasteiger partial charge on any atom is -0.380 e. The van der Waals surface area contributed by atoms with Crippen LogP contribution in [-0.4, -0.2) is 19.3 Å². The zero-order chi connectivity index (χ0) is 11.8. The normalized spacial score (nSPS) is 12.7. The Bertz CT molecular complexity index is 299. The molecule has 0 saturated heterocycles. The number of ether oxygens (including phenoxy) is 1. The van der Waals surface area contributed by atoms with Gasteiger partial charge in [-0.05, 0) is 37.3 Å². The zero-order valence-electron chi connectivity index (χ0n) is 10.4. The summed E-state index contributed by atoms with van der Waals surface area (Å²) in [5.74, 6) is 0. The lowest BCUT2D eigenvalue weighted by Crippen LogP contribution is -2.27. The minimum absolute atomic E-state index is 0.158. The highest BCUT2D eigenvalue weighted by Gasteiger charge is 2.04. The first-order valence-corrected chi connectivity index (χ1v) is 6.12. The van der Waals surface area contributed by atoms with E-state index >= 15 is 0 Å². The fraction of sp³-hybridized carbons (Fsp3) is 0.571. The van der Waals surface area contributed by atoms with Crippen LogP contribution < -0.4 is 5.73 Å². The molecule has 0 saturated carbocycles. The summed E-state index contributed by atoms with van der Waals surface area (Å²) in [6.07, 6.45) is 3.10. The predicted octanol–water partition coefficient (Wildman–Crippen LogP) is 2.68. The average molecular weight is 221 g/mol. The van der Waals surface area contributed by atoms with Crippen LogP contribution >= 0.6 is 0 Å². The zero-order valence-corrected chi connectivity index (χ0v) is 10.4. The van der Waals surface area contributed by atoms with E-state index < -0.39 is 0 Å². The van der Waals surface area contributed by atoms with E-state index in [0.29, 0.717) is 6.61 Å². The van der Waals surface area contributed by atoms with Crippen LogP contribution in [0.3, 0.4) is 0 Å². The third kappa shape index (κ3) is 4.77. The van der Waals surface area contributed by atoms with Gasteiger partial charge in [0.2, 0.25) is 0 Å². The van der Waals surface area contributed by atoms with Crippen molar-refractivity contribution in [3.05, 3.63) is 35.4 Å². The summed E-state index contributed by atoms with van der Waals surface area (Å²) < 4.78 is 5.44. The molecule has 2 heteroatoms. The van der Waals surface area contributed by atoms with Crippen molar-refractivity contribution >= 4 is 0 Å². The fourth-order valence-corrected chi connectivity index (χ4v) is 1.69. The SMILES string of the molecule is CCCOCC(N)CCc1ccccc1C. The monoisotopic (exact) mass is 221 g/mol. The second-order valence-corrected chi connectivity index (χ2v) is 4.30. The van der Waals surface area contributed by atoms with Gasteiger partial charge in [0.05, 0.1) is 6.61 Å². The number of benzene rings is 1. The first-order valence-electron chi connectivity index (χ1n) is 6.12. The summed E-state index contributed by atoms with van der Waals surface area (Å²) in [6, 6.07) is 8.64. The predicted molar refractivity (Wildman–Crippen MR) is 68.6 cm³/mol. The molecule has 0 radical (unpaired) electrons. The number of rotatable bonds is 7. The van der Waals surface area contributed by atoms with Crippen molar-refractivity contribution in [3.8, 4) is 0 Å². The summed E-state index contributed by atoms with van der Waals surface area (Å²) >= 11 is 0. The van der Waals surface area contributed by atoms with Gasteiger partial charge in [0, 0.05) is 12.6 Å². The molecule has 1 unspecified atom stereocenters. The molecular formula is C14H23NO. The molecular weight excluding hydrogens is 198 g/mol. The van der Waals surface area contributed by atoms with Gasteiger partial charge < -0.3 is 10.5 Å². The number of aryl methyl sites for hydroxylation is 2. The number of nitrogens with two attached hydrogens (primary N) is 1. The van der Waals surface area contributed by atoms with E-state index in [2.05, 4.69) is 38.1 Å². The van der Waals surface area contributed by atoms with E-state index in [1.54, 1.807) is 0 Å². The largest absolute Gasteiger partial charge is 0.380 e. The van der Waals surface area contributed by atoms with Crippen LogP contribution in [0.25, 0.3) is 0 Å². The highest BCUT2D eigenvalue weighted by atomic mass is 16.5. The maximum Gasteiger partial charge on any atom is 0.0617 e. The molecule has 1 aromatic rings. The van der Waals surface area contributed by atoms with E-state index in [4.69, 9.17) is 10.5 Å². The van der Waals surface area contributed by atoms with E-state index in [-0.39, 0.29) is 6.04 Å². The van der Waals surface area contributed by atoms with Crippen molar-refractivity contribution in [3.63, 3.8) is 0 Å². The van der Waals surface area contributed by atoms with Gasteiger partial charge in [-0.2, -0.15) is 0 Å². The van der Waals surface area contributed by atoms with Crippen LogP contribution in [0, 0.1) is 6.92 Å². The van der Waals surface area contributed by atoms with Crippen LogP contribution in [-0.2, 0) is 11.2 Å². The second kappa shape index (κ2) is 7.42. The molecule has 2 nitrogen and oxygen atoms in total. The van der Waals surface area contributed by atoms with Crippen molar-refractivity contribution in [1.82, 2.24) is 0 Å². The van der Waals surface area contributed by atoms with Gasteiger partial charge >= 0.3 is 0 Å². The summed E-state index contributed by atoms with van der Waals surface area (Å²) in [5, 5.41) is 0. The van der Waals surface area contributed by atoms with E-state index in [9.17, 15) is 0 Å². The van der Waals surface area contributed by atoms with Crippen molar-refractivity contribution in [2.45, 2.75) is 39.2 Å². The second-order valence-electron chi connectivity index (χ2n) is 4.30. The maximum absolute atomic E-state index is 5.99. The Hall–Kier alpha value is -0.860. The Balaban J connectivity index is 2.26. The minimum atomic E-state index is 0.158. The third-order valence-corrected chi connectivity index (χ3v) is 2.73. The van der Waals surface area contributed by atoms with Gasteiger partial charge in [-0.15, -0.1) is 0 Å². The molecule has 1 rings (SSSR count). The quantitative estimate of drug-likeness (QED) is 0.718. The first-order chi connectivity index (χ1) is 7.74. The maximum atomic E-state index is 5.99. The molecule has 16 heavy (non-hydrogen) atoms. The Morgan fingerprint density at radius 1 is 1.31 bits per heavy atom. The Morgan fingerprint density at radius 3 is 2.75 bits per heavy atom. The molecule has 0 bridgehead atoms. The molecule has 0 aromatic heterocycles. The summed E-state index contributed by atoms with van der Waals surface area (Å²) in [7, 11) is 0. The van der Waals surface area contributed by atoms with Gasteiger partial charge in [-0.1, -0.05) is 31.2 Å². The number of hydrogen-bond acceptors (Lipinski definition) is 2. The summed E-state index contributed by atoms with van der Waals surface area (Å²) in [5.41, 5.74) is 8.74. The molecule has 0 spiro atoms. The molecule has 0 fully saturated rings. The molecule has 0 aliphatic rings. The van der Waals surface area contributed by atoms with Gasteiger partial charge in [0.1, 0.15) is 0 Å². The Kier molecular flexibility index (Phi) is 6.12. The Labute approximate surface area is 98.8 Å². The molecule has 1 atom stereocenters. The molecule has 0 amide bonds. The van der Waals surface area contributed by atoms with Crippen molar-refractivity contribution < 1.29 is 4.74 Å². The lowest BCUT2D eigenvalue weighted by molar-refractivity contribution is 0.119. The van der Waals surface area contributed by atoms with Crippen molar-refractivity contribution in [2.24, 2.45) is 5.73 Å². The van der Waals surface area contributed by atoms with Crippen molar-refractivity contribution in [1.29, 1.82) is 0 Å². The highest BCUT2D eigenvalue weighted by Crippen LogP contribution is 2.10. The fourth-order valence-electron chi connectivity index (χ4n) is 1.69. The van der Waals surface area contributed by atoms with Crippen LogP contribution in [0.4, 0.5) is 0 Å². The Morgan fingerprint density at radius 2 is 2.06 bits per heavy atom. The first kappa shape index (κ1) is 13.2. The highest BCUT2D eigenvalue weighted by molar-refractivity contribution is 5.25. The van der Waals surface area contributed by atoms with Gasteiger partial charge in [0.15, 0.2) is 0 Å². The van der Waals surface area contributed by atoms with Crippen molar-refractivity contribution in [2.75, 3.05) is 13.2 Å².